The first-order valence-electron chi connectivity index (χ1n) is 9.37. The Morgan fingerprint density at radius 1 is 1.10 bits per heavy atom. The van der Waals surface area contributed by atoms with Crippen LogP contribution in [0.15, 0.2) is 48.5 Å². The van der Waals surface area contributed by atoms with Crippen molar-refractivity contribution in [2.24, 2.45) is 0 Å². The van der Waals surface area contributed by atoms with Crippen molar-refractivity contribution in [2.45, 2.75) is 27.3 Å². The zero-order valence-corrected chi connectivity index (χ0v) is 16.8. The van der Waals surface area contributed by atoms with E-state index < -0.39 is 5.82 Å². The fourth-order valence-electron chi connectivity index (χ4n) is 3.23. The lowest BCUT2D eigenvalue weighted by Crippen LogP contribution is -2.13. The molecule has 0 radical (unpaired) electrons. The second-order valence-corrected chi connectivity index (χ2v) is 7.04. The lowest BCUT2D eigenvalue weighted by Gasteiger charge is -2.10. The van der Waals surface area contributed by atoms with E-state index in [1.807, 2.05) is 42.8 Å². The quantitative estimate of drug-likeness (QED) is 0.551. The fourth-order valence-corrected chi connectivity index (χ4v) is 3.23. The summed E-state index contributed by atoms with van der Waals surface area (Å²) in [5.41, 5.74) is 4.06. The van der Waals surface area contributed by atoms with Crippen LogP contribution in [0.1, 0.15) is 33.1 Å². The molecule has 0 bridgehead atoms. The Hall–Kier alpha value is -3.88. The molecule has 0 spiro atoms. The molecule has 0 aliphatic carbocycles. The molecule has 2 aromatic carbocycles. The SMILES string of the molecule is Cc1cc(C)n(Cc2cccc(C(=O)Nc3ccc(F)c(-n4nnnc4C)c3)c2)n1. The predicted octanol–water partition coefficient (Wildman–Crippen LogP) is 3.22. The molecule has 30 heavy (non-hydrogen) atoms. The van der Waals surface area contributed by atoms with E-state index in [0.717, 1.165) is 17.0 Å². The molecule has 0 aliphatic rings. The van der Waals surface area contributed by atoms with Crippen molar-refractivity contribution in [1.29, 1.82) is 0 Å². The van der Waals surface area contributed by atoms with E-state index in [0.29, 0.717) is 23.6 Å². The minimum atomic E-state index is -0.490. The molecule has 8 nitrogen and oxygen atoms in total. The molecule has 9 heteroatoms. The molecule has 4 aromatic rings. The molecular formula is C21H20FN7O. The first-order valence-corrected chi connectivity index (χ1v) is 9.37. The maximum Gasteiger partial charge on any atom is 0.255 e. The topological polar surface area (TPSA) is 90.5 Å². The first kappa shape index (κ1) is 19.4. The van der Waals surface area contributed by atoms with E-state index >= 15 is 0 Å². The van der Waals surface area contributed by atoms with Gasteiger partial charge in [0.1, 0.15) is 11.5 Å². The molecule has 0 saturated heterocycles. The number of carbonyl (C=O) groups excluding carboxylic acids is 1. The van der Waals surface area contributed by atoms with Gasteiger partial charge in [-0.1, -0.05) is 12.1 Å². The van der Waals surface area contributed by atoms with Crippen molar-refractivity contribution in [1.82, 2.24) is 30.0 Å². The van der Waals surface area contributed by atoms with Gasteiger partial charge in [-0.05, 0) is 73.2 Å². The molecule has 2 aromatic heterocycles. The molecular weight excluding hydrogens is 385 g/mol. The standard InChI is InChI=1S/C21H20FN7O/c1-13-9-14(2)28(25-13)12-16-5-4-6-17(10-16)21(30)23-18-7-8-19(22)20(11-18)29-15(3)24-26-27-29/h4-11H,12H2,1-3H3,(H,23,30). The third-order valence-corrected chi connectivity index (χ3v) is 4.68. The number of rotatable bonds is 5. The van der Waals surface area contributed by atoms with Gasteiger partial charge >= 0.3 is 0 Å². The number of nitrogens with zero attached hydrogens (tertiary/aromatic N) is 6. The van der Waals surface area contributed by atoms with Crippen molar-refractivity contribution in [3.8, 4) is 5.69 Å². The average molecular weight is 405 g/mol. The zero-order chi connectivity index (χ0) is 21.3. The summed E-state index contributed by atoms with van der Waals surface area (Å²) in [6, 6.07) is 13.6. The van der Waals surface area contributed by atoms with E-state index in [1.165, 1.54) is 22.9 Å². The Labute approximate surface area is 172 Å². The van der Waals surface area contributed by atoms with Crippen LogP contribution in [-0.4, -0.2) is 35.9 Å². The van der Waals surface area contributed by atoms with Crippen molar-refractivity contribution in [3.05, 3.63) is 82.7 Å². The summed E-state index contributed by atoms with van der Waals surface area (Å²) in [7, 11) is 0. The zero-order valence-electron chi connectivity index (χ0n) is 16.8. The largest absolute Gasteiger partial charge is 0.322 e. The van der Waals surface area contributed by atoms with Gasteiger partial charge in [-0.3, -0.25) is 9.48 Å². The average Bonchev–Trinajstić information content (AvgIpc) is 3.28. The number of benzene rings is 2. The molecule has 0 atom stereocenters. The van der Waals surface area contributed by atoms with E-state index in [1.54, 1.807) is 13.0 Å². The second-order valence-electron chi connectivity index (χ2n) is 7.04. The highest BCUT2D eigenvalue weighted by atomic mass is 19.1. The third kappa shape index (κ3) is 3.95. The summed E-state index contributed by atoms with van der Waals surface area (Å²) in [5, 5.41) is 18.3. The number of aryl methyl sites for hydroxylation is 3. The number of amides is 1. The molecule has 0 fully saturated rings. The minimum absolute atomic E-state index is 0.161. The minimum Gasteiger partial charge on any atom is -0.322 e. The Bertz CT molecular complexity index is 1230. The van der Waals surface area contributed by atoms with Crippen molar-refractivity contribution in [2.75, 3.05) is 5.32 Å². The van der Waals surface area contributed by atoms with Crippen LogP contribution >= 0.6 is 0 Å². The van der Waals surface area contributed by atoms with Gasteiger partial charge in [-0.25, -0.2) is 4.39 Å². The molecule has 2 heterocycles. The number of halogens is 1. The van der Waals surface area contributed by atoms with Gasteiger partial charge in [0.15, 0.2) is 5.82 Å². The number of hydrogen-bond donors (Lipinski definition) is 1. The van der Waals surface area contributed by atoms with Crippen LogP contribution in [0.4, 0.5) is 10.1 Å². The molecule has 0 unspecified atom stereocenters. The highest BCUT2D eigenvalue weighted by Crippen LogP contribution is 2.20. The lowest BCUT2D eigenvalue weighted by atomic mass is 10.1. The summed E-state index contributed by atoms with van der Waals surface area (Å²) >= 11 is 0. The highest BCUT2D eigenvalue weighted by molar-refractivity contribution is 6.04. The first-order chi connectivity index (χ1) is 14.4. The van der Waals surface area contributed by atoms with E-state index in [9.17, 15) is 9.18 Å². The van der Waals surface area contributed by atoms with Crippen LogP contribution in [0.3, 0.4) is 0 Å². The maximum atomic E-state index is 14.2. The Kier molecular flexibility index (Phi) is 5.09. The molecule has 1 amide bonds. The second kappa shape index (κ2) is 7.86. The Morgan fingerprint density at radius 2 is 1.93 bits per heavy atom. The highest BCUT2D eigenvalue weighted by Gasteiger charge is 2.13. The Balaban J connectivity index is 1.55. The summed E-state index contributed by atoms with van der Waals surface area (Å²) in [4.78, 5) is 12.8. The molecule has 0 aliphatic heterocycles. The van der Waals surface area contributed by atoms with Gasteiger partial charge in [0.25, 0.3) is 5.91 Å². The van der Waals surface area contributed by atoms with E-state index in [2.05, 4.69) is 25.9 Å². The van der Waals surface area contributed by atoms with Crippen LogP contribution in [0.5, 0.6) is 0 Å². The van der Waals surface area contributed by atoms with Crippen LogP contribution in [0, 0.1) is 26.6 Å². The summed E-state index contributed by atoms with van der Waals surface area (Å²) in [6.45, 7) is 6.18. The van der Waals surface area contributed by atoms with Crippen molar-refractivity contribution >= 4 is 11.6 Å². The molecule has 1 N–H and O–H groups in total. The van der Waals surface area contributed by atoms with Gasteiger partial charge in [0.05, 0.1) is 12.2 Å². The molecule has 152 valence electrons. The van der Waals surface area contributed by atoms with Gasteiger partial charge < -0.3 is 5.32 Å². The van der Waals surface area contributed by atoms with E-state index in [-0.39, 0.29) is 11.6 Å². The fraction of sp³-hybridized carbons (Fsp3) is 0.190. The molecule has 0 saturated carbocycles. The summed E-state index contributed by atoms with van der Waals surface area (Å²) in [5.74, 6) is -0.347. The number of hydrogen-bond acceptors (Lipinski definition) is 5. The molecule has 4 rings (SSSR count). The monoisotopic (exact) mass is 405 g/mol. The number of carbonyl (C=O) groups is 1. The van der Waals surface area contributed by atoms with E-state index in [4.69, 9.17) is 0 Å². The number of anilines is 1. The van der Waals surface area contributed by atoms with Crippen LogP contribution in [0.2, 0.25) is 0 Å². The van der Waals surface area contributed by atoms with Crippen molar-refractivity contribution < 1.29 is 9.18 Å². The van der Waals surface area contributed by atoms with Gasteiger partial charge in [-0.2, -0.15) is 9.78 Å². The summed E-state index contributed by atoms with van der Waals surface area (Å²) in [6.07, 6.45) is 0. The van der Waals surface area contributed by atoms with Gasteiger partial charge in [0, 0.05) is 16.9 Å². The summed E-state index contributed by atoms with van der Waals surface area (Å²) < 4.78 is 17.4. The normalized spacial score (nSPS) is 10.9. The smallest absolute Gasteiger partial charge is 0.255 e. The van der Waals surface area contributed by atoms with Crippen LogP contribution < -0.4 is 5.32 Å². The number of nitrogens with one attached hydrogen (secondary N) is 1. The van der Waals surface area contributed by atoms with Gasteiger partial charge in [-0.15, -0.1) is 5.10 Å². The number of tetrazole rings is 1. The maximum absolute atomic E-state index is 14.2. The van der Waals surface area contributed by atoms with Crippen LogP contribution in [0.25, 0.3) is 5.69 Å². The predicted molar refractivity (Wildman–Crippen MR) is 109 cm³/mol. The van der Waals surface area contributed by atoms with Crippen molar-refractivity contribution in [3.63, 3.8) is 0 Å². The van der Waals surface area contributed by atoms with Gasteiger partial charge in [0.2, 0.25) is 0 Å². The van der Waals surface area contributed by atoms with Crippen LogP contribution in [-0.2, 0) is 6.54 Å². The number of aromatic nitrogens is 6. The lowest BCUT2D eigenvalue weighted by molar-refractivity contribution is 0.102. The third-order valence-electron chi connectivity index (χ3n) is 4.68. The Morgan fingerprint density at radius 3 is 2.63 bits per heavy atom.